The molecule has 0 spiro atoms. The Balaban J connectivity index is 1.96. The van der Waals surface area contributed by atoms with E-state index in [0.717, 1.165) is 44.4 Å². The van der Waals surface area contributed by atoms with Crippen molar-refractivity contribution in [2.75, 3.05) is 42.9 Å². The molecular weight excluding hydrogens is 226 g/mol. The topological polar surface area (TPSA) is 53.1 Å². The van der Waals surface area contributed by atoms with Gasteiger partial charge in [-0.05, 0) is 19.4 Å². The van der Waals surface area contributed by atoms with Gasteiger partial charge in [0.25, 0.3) is 0 Å². The van der Waals surface area contributed by atoms with E-state index in [1.165, 1.54) is 19.3 Å². The molecule has 0 aromatic carbocycles. The van der Waals surface area contributed by atoms with Crippen molar-refractivity contribution in [1.29, 1.82) is 0 Å². The Morgan fingerprint density at radius 3 is 3.17 bits per heavy atom. The molecule has 2 heterocycles. The molecule has 5 nitrogen and oxygen atoms in total. The Labute approximate surface area is 109 Å². The van der Waals surface area contributed by atoms with Crippen molar-refractivity contribution in [3.05, 3.63) is 12.4 Å². The zero-order chi connectivity index (χ0) is 12.6. The summed E-state index contributed by atoms with van der Waals surface area (Å²) in [4.78, 5) is 11.0. The van der Waals surface area contributed by atoms with Gasteiger partial charge in [-0.3, -0.25) is 0 Å². The number of nitrogens with one attached hydrogen (secondary N) is 2. The SMILES string of the molecule is CCCCNc1cc(N2CCCNCC2)ncn1. The second-order valence-electron chi connectivity index (χ2n) is 4.63. The van der Waals surface area contributed by atoms with Gasteiger partial charge in [0.05, 0.1) is 0 Å². The molecule has 2 N–H and O–H groups in total. The molecule has 100 valence electrons. The first-order valence-corrected chi connectivity index (χ1v) is 6.91. The van der Waals surface area contributed by atoms with Crippen molar-refractivity contribution < 1.29 is 0 Å². The third-order valence-electron chi connectivity index (χ3n) is 3.15. The minimum absolute atomic E-state index is 0.936. The van der Waals surface area contributed by atoms with Crippen LogP contribution in [0.15, 0.2) is 12.4 Å². The van der Waals surface area contributed by atoms with E-state index < -0.39 is 0 Å². The highest BCUT2D eigenvalue weighted by Crippen LogP contribution is 2.14. The molecule has 5 heteroatoms. The van der Waals surface area contributed by atoms with E-state index >= 15 is 0 Å². The Morgan fingerprint density at radius 1 is 1.33 bits per heavy atom. The highest BCUT2D eigenvalue weighted by atomic mass is 15.2. The van der Waals surface area contributed by atoms with Gasteiger partial charge in [0.1, 0.15) is 18.0 Å². The number of hydrogen-bond donors (Lipinski definition) is 2. The normalized spacial score (nSPS) is 16.4. The van der Waals surface area contributed by atoms with Crippen molar-refractivity contribution >= 4 is 11.6 Å². The van der Waals surface area contributed by atoms with E-state index in [9.17, 15) is 0 Å². The highest BCUT2D eigenvalue weighted by Gasteiger charge is 2.11. The summed E-state index contributed by atoms with van der Waals surface area (Å²) < 4.78 is 0. The molecule has 1 aromatic rings. The zero-order valence-electron chi connectivity index (χ0n) is 11.2. The predicted octanol–water partition coefficient (Wildman–Crippen LogP) is 1.49. The number of anilines is 2. The molecule has 0 saturated carbocycles. The molecule has 0 aliphatic carbocycles. The fourth-order valence-electron chi connectivity index (χ4n) is 2.08. The van der Waals surface area contributed by atoms with Gasteiger partial charge in [0.2, 0.25) is 0 Å². The van der Waals surface area contributed by atoms with Crippen LogP contribution in [-0.2, 0) is 0 Å². The second kappa shape index (κ2) is 7.16. The molecule has 1 fully saturated rings. The molecule has 0 radical (unpaired) electrons. The lowest BCUT2D eigenvalue weighted by atomic mass is 10.3. The van der Waals surface area contributed by atoms with Crippen LogP contribution in [-0.4, -0.2) is 42.7 Å². The molecule has 18 heavy (non-hydrogen) atoms. The molecule has 1 aliphatic rings. The van der Waals surface area contributed by atoms with Crippen molar-refractivity contribution in [3.8, 4) is 0 Å². The molecule has 0 atom stereocenters. The minimum Gasteiger partial charge on any atom is -0.370 e. The molecule has 1 saturated heterocycles. The Kier molecular flexibility index (Phi) is 5.20. The third-order valence-corrected chi connectivity index (χ3v) is 3.15. The predicted molar refractivity (Wildman–Crippen MR) is 75.1 cm³/mol. The lowest BCUT2D eigenvalue weighted by Gasteiger charge is -2.21. The lowest BCUT2D eigenvalue weighted by molar-refractivity contribution is 0.724. The lowest BCUT2D eigenvalue weighted by Crippen LogP contribution is -2.28. The smallest absolute Gasteiger partial charge is 0.134 e. The van der Waals surface area contributed by atoms with Crippen LogP contribution >= 0.6 is 0 Å². The molecule has 1 aromatic heterocycles. The first-order valence-electron chi connectivity index (χ1n) is 6.91. The average Bonchev–Trinajstić information content (AvgIpc) is 2.68. The molecule has 0 unspecified atom stereocenters. The molecule has 1 aliphatic heterocycles. The van der Waals surface area contributed by atoms with Gasteiger partial charge in [-0.2, -0.15) is 0 Å². The summed E-state index contributed by atoms with van der Waals surface area (Å²) in [6, 6.07) is 2.06. The fraction of sp³-hybridized carbons (Fsp3) is 0.692. The van der Waals surface area contributed by atoms with E-state index in [-0.39, 0.29) is 0 Å². The van der Waals surface area contributed by atoms with Crippen LogP contribution in [0.1, 0.15) is 26.2 Å². The van der Waals surface area contributed by atoms with Gasteiger partial charge < -0.3 is 15.5 Å². The quantitative estimate of drug-likeness (QED) is 0.774. The van der Waals surface area contributed by atoms with E-state index in [1.54, 1.807) is 6.33 Å². The first-order chi connectivity index (χ1) is 8.90. The monoisotopic (exact) mass is 249 g/mol. The molecule has 0 amide bonds. The maximum absolute atomic E-state index is 4.38. The molecule has 2 rings (SSSR count). The van der Waals surface area contributed by atoms with Crippen LogP contribution in [0, 0.1) is 0 Å². The number of nitrogens with zero attached hydrogens (tertiary/aromatic N) is 3. The van der Waals surface area contributed by atoms with E-state index in [2.05, 4.69) is 38.5 Å². The summed E-state index contributed by atoms with van der Waals surface area (Å²) in [6.07, 6.45) is 5.19. The maximum Gasteiger partial charge on any atom is 0.134 e. The van der Waals surface area contributed by atoms with Gasteiger partial charge in [0.15, 0.2) is 0 Å². The van der Waals surface area contributed by atoms with Crippen molar-refractivity contribution in [2.24, 2.45) is 0 Å². The number of rotatable bonds is 5. The fourth-order valence-corrected chi connectivity index (χ4v) is 2.08. The van der Waals surface area contributed by atoms with E-state index in [0.29, 0.717) is 0 Å². The first kappa shape index (κ1) is 13.1. The molecular formula is C13H23N5. The van der Waals surface area contributed by atoms with Crippen LogP contribution in [0.5, 0.6) is 0 Å². The summed E-state index contributed by atoms with van der Waals surface area (Å²) in [5.74, 6) is 1.97. The van der Waals surface area contributed by atoms with Gasteiger partial charge in [-0.25, -0.2) is 9.97 Å². The Morgan fingerprint density at radius 2 is 2.28 bits per heavy atom. The average molecular weight is 249 g/mol. The van der Waals surface area contributed by atoms with Crippen LogP contribution < -0.4 is 15.5 Å². The Hall–Kier alpha value is -1.36. The zero-order valence-corrected chi connectivity index (χ0v) is 11.2. The third kappa shape index (κ3) is 3.84. The van der Waals surface area contributed by atoms with Crippen molar-refractivity contribution in [2.45, 2.75) is 26.2 Å². The summed E-state index contributed by atoms with van der Waals surface area (Å²) >= 11 is 0. The van der Waals surface area contributed by atoms with Crippen LogP contribution in [0.3, 0.4) is 0 Å². The van der Waals surface area contributed by atoms with Crippen LogP contribution in [0.2, 0.25) is 0 Å². The number of aromatic nitrogens is 2. The Bertz CT molecular complexity index is 347. The van der Waals surface area contributed by atoms with Gasteiger partial charge in [-0.1, -0.05) is 13.3 Å². The van der Waals surface area contributed by atoms with Crippen LogP contribution in [0.4, 0.5) is 11.6 Å². The number of unbranched alkanes of at least 4 members (excludes halogenated alkanes) is 1. The standard InChI is InChI=1S/C13H23N5/c1-2-3-6-15-12-10-13(17-11-16-12)18-8-4-5-14-7-9-18/h10-11,14H,2-9H2,1H3,(H,15,16,17). The van der Waals surface area contributed by atoms with Crippen molar-refractivity contribution in [1.82, 2.24) is 15.3 Å². The minimum atomic E-state index is 0.936. The van der Waals surface area contributed by atoms with Crippen LogP contribution in [0.25, 0.3) is 0 Å². The summed E-state index contributed by atoms with van der Waals surface area (Å²) in [5.41, 5.74) is 0. The van der Waals surface area contributed by atoms with Gasteiger partial charge in [0, 0.05) is 32.2 Å². The summed E-state index contributed by atoms with van der Waals surface area (Å²) in [7, 11) is 0. The van der Waals surface area contributed by atoms with E-state index in [4.69, 9.17) is 0 Å². The maximum atomic E-state index is 4.38. The van der Waals surface area contributed by atoms with E-state index in [1.807, 2.05) is 0 Å². The highest BCUT2D eigenvalue weighted by molar-refractivity contribution is 5.48. The van der Waals surface area contributed by atoms with Gasteiger partial charge >= 0.3 is 0 Å². The molecule has 0 bridgehead atoms. The summed E-state index contributed by atoms with van der Waals surface area (Å²) in [5, 5.41) is 6.75. The van der Waals surface area contributed by atoms with Crippen molar-refractivity contribution in [3.63, 3.8) is 0 Å². The number of hydrogen-bond acceptors (Lipinski definition) is 5. The summed E-state index contributed by atoms with van der Waals surface area (Å²) in [6.45, 7) is 7.39. The second-order valence-corrected chi connectivity index (χ2v) is 4.63. The van der Waals surface area contributed by atoms with Gasteiger partial charge in [-0.15, -0.1) is 0 Å². The largest absolute Gasteiger partial charge is 0.370 e.